The highest BCUT2D eigenvalue weighted by Gasteiger charge is 2.09. The number of para-hydroxylation sites is 1. The molecule has 31 heavy (non-hydrogen) atoms. The van der Waals surface area contributed by atoms with Gasteiger partial charge in [-0.2, -0.15) is 0 Å². The van der Waals surface area contributed by atoms with E-state index in [0.717, 1.165) is 37.1 Å². The Morgan fingerprint density at radius 1 is 1.13 bits per heavy atom. The minimum Gasteiger partial charge on any atom is -0.361 e. The lowest BCUT2D eigenvalue weighted by Gasteiger charge is -2.16. The third-order valence-corrected chi connectivity index (χ3v) is 4.93. The second-order valence-corrected chi connectivity index (χ2v) is 7.12. The zero-order valence-electron chi connectivity index (χ0n) is 18.1. The molecule has 0 spiro atoms. The summed E-state index contributed by atoms with van der Waals surface area (Å²) >= 11 is 0. The van der Waals surface area contributed by atoms with Crippen LogP contribution in [-0.2, 0) is 17.6 Å². The van der Waals surface area contributed by atoms with Gasteiger partial charge >= 0.3 is 0 Å². The van der Waals surface area contributed by atoms with Gasteiger partial charge in [0.15, 0.2) is 5.96 Å². The van der Waals surface area contributed by atoms with Crippen molar-refractivity contribution in [2.45, 2.75) is 19.8 Å². The molecule has 0 fully saturated rings. The van der Waals surface area contributed by atoms with Crippen molar-refractivity contribution in [2.75, 3.05) is 33.2 Å². The number of aromatic amines is 1. The molecule has 0 aliphatic carbocycles. The molecule has 3 aromatic rings. The van der Waals surface area contributed by atoms with Gasteiger partial charge in [0.2, 0.25) is 5.91 Å². The van der Waals surface area contributed by atoms with Crippen molar-refractivity contribution in [3.05, 3.63) is 66.1 Å². The minimum atomic E-state index is -0.0141. The van der Waals surface area contributed by atoms with Gasteiger partial charge in [0.05, 0.1) is 0 Å². The highest BCUT2D eigenvalue weighted by atomic mass is 127. The molecule has 2 heterocycles. The number of nitrogens with one attached hydrogen (secondary N) is 3. The van der Waals surface area contributed by atoms with Crippen LogP contribution in [-0.4, -0.2) is 60.0 Å². The molecular weight excluding hydrogens is 503 g/mol. The number of aliphatic imine (C=N–C) groups is 1. The Labute approximate surface area is 200 Å². The standard InChI is InChI=1S/C23H30N6O.HI/c1-3-24-23(26-14-11-18-16-27-21-10-5-4-9-20(18)21)28-17-22(30)29(2)15-12-19-8-6-7-13-25-19;/h4-10,13,16,27H,3,11-12,14-15,17H2,1-2H3,(H2,24,26,28);1H. The van der Waals surface area contributed by atoms with Gasteiger partial charge < -0.3 is 20.5 Å². The number of guanidine groups is 1. The molecule has 0 aliphatic rings. The molecule has 3 N–H and O–H groups in total. The third kappa shape index (κ3) is 7.54. The molecule has 3 rings (SSSR count). The number of nitrogens with zero attached hydrogens (tertiary/aromatic N) is 3. The summed E-state index contributed by atoms with van der Waals surface area (Å²) in [7, 11) is 1.80. The molecule has 0 unspecified atom stereocenters. The highest BCUT2D eigenvalue weighted by molar-refractivity contribution is 14.0. The number of benzene rings is 1. The number of pyridine rings is 1. The lowest BCUT2D eigenvalue weighted by Crippen LogP contribution is -2.39. The van der Waals surface area contributed by atoms with Gasteiger partial charge in [-0.15, -0.1) is 24.0 Å². The van der Waals surface area contributed by atoms with Crippen LogP contribution in [0.5, 0.6) is 0 Å². The van der Waals surface area contributed by atoms with E-state index in [0.29, 0.717) is 12.5 Å². The summed E-state index contributed by atoms with van der Waals surface area (Å²) in [6.07, 6.45) is 5.42. The maximum atomic E-state index is 12.4. The Morgan fingerprint density at radius 2 is 1.94 bits per heavy atom. The first-order chi connectivity index (χ1) is 14.7. The summed E-state index contributed by atoms with van der Waals surface area (Å²) in [6.45, 7) is 4.22. The van der Waals surface area contributed by atoms with Crippen LogP contribution in [0.2, 0.25) is 0 Å². The quantitative estimate of drug-likeness (QED) is 0.224. The van der Waals surface area contributed by atoms with Gasteiger partial charge in [-0.25, -0.2) is 4.99 Å². The van der Waals surface area contributed by atoms with E-state index in [4.69, 9.17) is 0 Å². The molecule has 8 heteroatoms. The zero-order chi connectivity index (χ0) is 21.2. The van der Waals surface area contributed by atoms with Gasteiger partial charge in [0.25, 0.3) is 0 Å². The topological polar surface area (TPSA) is 85.4 Å². The van der Waals surface area contributed by atoms with Crippen molar-refractivity contribution in [3.63, 3.8) is 0 Å². The lowest BCUT2D eigenvalue weighted by molar-refractivity contribution is -0.128. The fraction of sp³-hybridized carbons (Fsp3) is 0.348. The largest absolute Gasteiger partial charge is 0.361 e. The predicted molar refractivity (Wildman–Crippen MR) is 137 cm³/mol. The van der Waals surface area contributed by atoms with Crippen LogP contribution in [0.15, 0.2) is 59.9 Å². The third-order valence-electron chi connectivity index (χ3n) is 4.93. The minimum absolute atomic E-state index is 0. The van der Waals surface area contributed by atoms with E-state index in [1.807, 2.05) is 31.2 Å². The molecule has 1 aromatic carbocycles. The van der Waals surface area contributed by atoms with Crippen LogP contribution in [0, 0.1) is 0 Å². The lowest BCUT2D eigenvalue weighted by atomic mass is 10.1. The number of rotatable bonds is 9. The first-order valence-electron chi connectivity index (χ1n) is 10.4. The molecule has 166 valence electrons. The summed E-state index contributed by atoms with van der Waals surface area (Å²) in [6, 6.07) is 14.1. The van der Waals surface area contributed by atoms with E-state index < -0.39 is 0 Å². The number of aromatic nitrogens is 2. The number of likely N-dealkylation sites (N-methyl/N-ethyl adjacent to an activating group) is 1. The number of H-pyrrole nitrogens is 1. The van der Waals surface area contributed by atoms with Gasteiger partial charge in [0.1, 0.15) is 6.54 Å². The Hall–Kier alpha value is -2.62. The highest BCUT2D eigenvalue weighted by Crippen LogP contribution is 2.17. The average Bonchev–Trinajstić information content (AvgIpc) is 3.19. The zero-order valence-corrected chi connectivity index (χ0v) is 20.4. The van der Waals surface area contributed by atoms with E-state index in [-0.39, 0.29) is 36.4 Å². The SMILES string of the molecule is CCNC(=NCC(=O)N(C)CCc1ccccn1)NCCc1c[nH]c2ccccc12.I. The summed E-state index contributed by atoms with van der Waals surface area (Å²) in [5, 5.41) is 7.76. The number of hydrogen-bond donors (Lipinski definition) is 3. The fourth-order valence-corrected chi connectivity index (χ4v) is 3.22. The number of hydrogen-bond acceptors (Lipinski definition) is 3. The Bertz CT molecular complexity index is 972. The molecule has 1 amide bonds. The number of carbonyl (C=O) groups excluding carboxylic acids is 1. The van der Waals surface area contributed by atoms with Crippen molar-refractivity contribution in [1.82, 2.24) is 25.5 Å². The van der Waals surface area contributed by atoms with Gasteiger partial charge in [-0.1, -0.05) is 24.3 Å². The smallest absolute Gasteiger partial charge is 0.244 e. The Morgan fingerprint density at radius 3 is 2.71 bits per heavy atom. The van der Waals surface area contributed by atoms with E-state index >= 15 is 0 Å². The van der Waals surface area contributed by atoms with Crippen LogP contribution in [0.25, 0.3) is 10.9 Å². The number of halogens is 1. The Balaban J connectivity index is 0.00000341. The molecule has 0 radical (unpaired) electrons. The fourth-order valence-electron chi connectivity index (χ4n) is 3.22. The average molecular weight is 534 g/mol. The summed E-state index contributed by atoms with van der Waals surface area (Å²) in [5.41, 5.74) is 3.39. The number of carbonyl (C=O) groups is 1. The molecule has 7 nitrogen and oxygen atoms in total. The maximum absolute atomic E-state index is 12.4. The van der Waals surface area contributed by atoms with Crippen molar-refractivity contribution < 1.29 is 4.79 Å². The summed E-state index contributed by atoms with van der Waals surface area (Å²) in [4.78, 5) is 26.2. The van der Waals surface area contributed by atoms with Gasteiger partial charge in [-0.3, -0.25) is 9.78 Å². The van der Waals surface area contributed by atoms with E-state index in [2.05, 4.69) is 50.0 Å². The van der Waals surface area contributed by atoms with Crippen LogP contribution >= 0.6 is 24.0 Å². The molecule has 0 saturated heterocycles. The van der Waals surface area contributed by atoms with E-state index in [1.165, 1.54) is 10.9 Å². The second kappa shape index (κ2) is 12.9. The van der Waals surface area contributed by atoms with Crippen LogP contribution in [0.3, 0.4) is 0 Å². The first kappa shape index (κ1) is 24.6. The van der Waals surface area contributed by atoms with Crippen LogP contribution < -0.4 is 10.6 Å². The molecule has 2 aromatic heterocycles. The normalized spacial score (nSPS) is 11.1. The van der Waals surface area contributed by atoms with E-state index in [1.54, 1.807) is 18.1 Å². The van der Waals surface area contributed by atoms with Crippen molar-refractivity contribution >= 4 is 46.7 Å². The molecule has 0 saturated carbocycles. The second-order valence-electron chi connectivity index (χ2n) is 7.12. The summed E-state index contributed by atoms with van der Waals surface area (Å²) < 4.78 is 0. The molecule has 0 atom stereocenters. The molecular formula is C23H31IN6O. The van der Waals surface area contributed by atoms with Crippen molar-refractivity contribution in [2.24, 2.45) is 4.99 Å². The molecule has 0 aliphatic heterocycles. The first-order valence-corrected chi connectivity index (χ1v) is 10.4. The van der Waals surface area contributed by atoms with Gasteiger partial charge in [0, 0.05) is 62.1 Å². The van der Waals surface area contributed by atoms with Gasteiger partial charge in [-0.05, 0) is 37.1 Å². The van der Waals surface area contributed by atoms with E-state index in [9.17, 15) is 4.79 Å². The van der Waals surface area contributed by atoms with Crippen molar-refractivity contribution in [3.8, 4) is 0 Å². The molecule has 0 bridgehead atoms. The van der Waals surface area contributed by atoms with Crippen LogP contribution in [0.1, 0.15) is 18.2 Å². The maximum Gasteiger partial charge on any atom is 0.244 e. The predicted octanol–water partition coefficient (Wildman–Crippen LogP) is 2.98. The Kier molecular flexibility index (Phi) is 10.3. The monoisotopic (exact) mass is 534 g/mol. The van der Waals surface area contributed by atoms with Crippen molar-refractivity contribution in [1.29, 1.82) is 0 Å². The summed E-state index contributed by atoms with van der Waals surface area (Å²) in [5.74, 6) is 0.642. The van der Waals surface area contributed by atoms with Crippen LogP contribution in [0.4, 0.5) is 0 Å². The number of fused-ring (bicyclic) bond motifs is 1. The number of amides is 1.